The van der Waals surface area contributed by atoms with Crippen molar-refractivity contribution in [1.29, 1.82) is 0 Å². The van der Waals surface area contributed by atoms with Crippen LogP contribution in [0.1, 0.15) is 12.8 Å². The third kappa shape index (κ3) is 5.64. The second-order valence-electron chi connectivity index (χ2n) is 5.75. The molecule has 0 aromatic heterocycles. The number of sulfonamides is 1. The van der Waals surface area contributed by atoms with Gasteiger partial charge in [-0.1, -0.05) is 41.9 Å². The molecule has 0 fully saturated rings. The van der Waals surface area contributed by atoms with Gasteiger partial charge in [-0.3, -0.25) is 9.10 Å². The highest BCUT2D eigenvalue weighted by atomic mass is 35.5. The molecule has 0 spiro atoms. The van der Waals surface area contributed by atoms with Crippen molar-refractivity contribution in [2.45, 2.75) is 17.7 Å². The second-order valence-corrected chi connectivity index (χ2v) is 8.42. The molecule has 2 aromatic carbocycles. The van der Waals surface area contributed by atoms with E-state index in [2.05, 4.69) is 6.58 Å². The number of hydrogen-bond acceptors (Lipinski definition) is 4. The van der Waals surface area contributed by atoms with E-state index in [4.69, 9.17) is 33.0 Å². The van der Waals surface area contributed by atoms with Crippen molar-refractivity contribution >= 4 is 44.9 Å². The molecule has 0 aliphatic heterocycles. The van der Waals surface area contributed by atoms with E-state index in [-0.39, 0.29) is 40.9 Å². The molecule has 2 aromatic rings. The van der Waals surface area contributed by atoms with E-state index in [1.807, 2.05) is 0 Å². The Morgan fingerprint density at radius 1 is 1.21 bits per heavy atom. The molecule has 6 nitrogen and oxygen atoms in total. The Hall–Kier alpha value is -2.22. The van der Waals surface area contributed by atoms with Gasteiger partial charge in [0.25, 0.3) is 10.0 Å². The fourth-order valence-electron chi connectivity index (χ4n) is 2.44. The third-order valence-corrected chi connectivity index (χ3v) is 6.23. The van der Waals surface area contributed by atoms with Crippen molar-refractivity contribution in [3.05, 3.63) is 65.2 Å². The summed E-state index contributed by atoms with van der Waals surface area (Å²) in [5, 5.41) is 9.14. The van der Waals surface area contributed by atoms with E-state index in [9.17, 15) is 13.2 Å². The molecule has 0 aliphatic carbocycles. The summed E-state index contributed by atoms with van der Waals surface area (Å²) < 4.78 is 33.1. The first-order valence-electron chi connectivity index (χ1n) is 8.29. The van der Waals surface area contributed by atoms with Gasteiger partial charge in [0, 0.05) is 24.1 Å². The molecule has 1 N–H and O–H groups in total. The lowest BCUT2D eigenvalue weighted by Crippen LogP contribution is -2.32. The summed E-state index contributed by atoms with van der Waals surface area (Å²) in [6.45, 7) is 3.78. The molecule has 0 aliphatic rings. The first-order chi connectivity index (χ1) is 13.3. The number of carboxylic acid groups (broad SMARTS) is 1. The van der Waals surface area contributed by atoms with Gasteiger partial charge in [-0.2, -0.15) is 0 Å². The Balaban J connectivity index is 2.48. The molecule has 0 heterocycles. The summed E-state index contributed by atoms with van der Waals surface area (Å²) in [4.78, 5) is 10.7. The van der Waals surface area contributed by atoms with Gasteiger partial charge >= 0.3 is 5.97 Å². The van der Waals surface area contributed by atoms with Crippen LogP contribution in [0, 0.1) is 0 Å². The van der Waals surface area contributed by atoms with Crippen molar-refractivity contribution in [3.63, 3.8) is 0 Å². The van der Waals surface area contributed by atoms with Gasteiger partial charge in [0.05, 0.1) is 10.7 Å². The SMILES string of the molecule is C=CCOc1cccc(N(CCCC(=O)O)S(=O)(=O)c2cc(Cl)ccc2Cl)c1. The van der Waals surface area contributed by atoms with E-state index >= 15 is 0 Å². The first kappa shape index (κ1) is 22.1. The molecule has 0 saturated heterocycles. The Bertz CT molecular complexity index is 963. The summed E-state index contributed by atoms with van der Waals surface area (Å²) in [5.41, 5.74) is 0.322. The molecule has 28 heavy (non-hydrogen) atoms. The lowest BCUT2D eigenvalue weighted by molar-refractivity contribution is -0.137. The van der Waals surface area contributed by atoms with Crippen LogP contribution in [0.25, 0.3) is 0 Å². The van der Waals surface area contributed by atoms with E-state index in [1.54, 1.807) is 30.3 Å². The van der Waals surface area contributed by atoms with Crippen LogP contribution in [0.4, 0.5) is 5.69 Å². The molecule has 150 valence electrons. The summed E-state index contributed by atoms with van der Waals surface area (Å²) in [7, 11) is -4.09. The smallest absolute Gasteiger partial charge is 0.303 e. The number of anilines is 1. The van der Waals surface area contributed by atoms with Crippen molar-refractivity contribution in [1.82, 2.24) is 0 Å². The average Bonchev–Trinajstić information content (AvgIpc) is 2.65. The number of ether oxygens (including phenoxy) is 1. The second kappa shape index (κ2) is 9.82. The molecule has 0 amide bonds. The van der Waals surface area contributed by atoms with Crippen molar-refractivity contribution < 1.29 is 23.1 Å². The zero-order valence-electron chi connectivity index (χ0n) is 14.8. The Labute approximate surface area is 174 Å². The Morgan fingerprint density at radius 2 is 1.96 bits per heavy atom. The minimum absolute atomic E-state index is 0.0201. The maximum Gasteiger partial charge on any atom is 0.303 e. The van der Waals surface area contributed by atoms with Crippen molar-refractivity contribution in [3.8, 4) is 5.75 Å². The number of carboxylic acids is 1. The summed E-state index contributed by atoms with van der Waals surface area (Å²) in [5.74, 6) is -0.561. The van der Waals surface area contributed by atoms with Crippen LogP contribution in [-0.2, 0) is 14.8 Å². The van der Waals surface area contributed by atoms with Crippen LogP contribution in [-0.4, -0.2) is 32.6 Å². The minimum Gasteiger partial charge on any atom is -0.489 e. The Morgan fingerprint density at radius 3 is 2.64 bits per heavy atom. The number of halogens is 2. The number of benzene rings is 2. The maximum atomic E-state index is 13.3. The summed E-state index contributed by atoms with van der Waals surface area (Å²) in [6, 6.07) is 10.6. The van der Waals surface area contributed by atoms with Crippen LogP contribution in [0.3, 0.4) is 0 Å². The standard InChI is InChI=1S/C19H19Cl2NO5S/c1-2-11-27-16-6-3-5-15(13-16)22(10-4-7-19(23)24)28(25,26)18-12-14(20)8-9-17(18)21/h2-3,5-6,8-9,12-13H,1,4,7,10-11H2,(H,23,24). The topological polar surface area (TPSA) is 83.9 Å². The fraction of sp³-hybridized carbons (Fsp3) is 0.211. The lowest BCUT2D eigenvalue weighted by Gasteiger charge is -2.25. The predicted octanol–water partition coefficient (Wildman–Crippen LogP) is 4.62. The zero-order chi connectivity index (χ0) is 20.7. The summed E-state index contributed by atoms with van der Waals surface area (Å²) >= 11 is 12.1. The molecule has 0 bridgehead atoms. The molecule has 0 atom stereocenters. The number of aliphatic carboxylic acids is 1. The van der Waals surface area contributed by atoms with Crippen LogP contribution >= 0.6 is 23.2 Å². The zero-order valence-corrected chi connectivity index (χ0v) is 17.2. The third-order valence-electron chi connectivity index (χ3n) is 3.69. The van der Waals surface area contributed by atoms with Crippen LogP contribution < -0.4 is 9.04 Å². The minimum atomic E-state index is -4.09. The van der Waals surface area contributed by atoms with Gasteiger partial charge in [0.1, 0.15) is 17.3 Å². The molecule has 0 saturated carbocycles. The largest absolute Gasteiger partial charge is 0.489 e. The van der Waals surface area contributed by atoms with E-state index < -0.39 is 16.0 Å². The van der Waals surface area contributed by atoms with Crippen LogP contribution in [0.15, 0.2) is 60.0 Å². The molecule has 9 heteroatoms. The normalized spacial score (nSPS) is 11.1. The van der Waals surface area contributed by atoms with E-state index in [0.29, 0.717) is 11.4 Å². The molecular formula is C19H19Cl2NO5S. The highest BCUT2D eigenvalue weighted by Gasteiger charge is 2.28. The molecule has 2 rings (SSSR count). The number of hydrogen-bond donors (Lipinski definition) is 1. The molecule has 0 unspecified atom stereocenters. The maximum absolute atomic E-state index is 13.3. The Kier molecular flexibility index (Phi) is 7.74. The van der Waals surface area contributed by atoms with Crippen molar-refractivity contribution in [2.75, 3.05) is 17.5 Å². The summed E-state index contributed by atoms with van der Waals surface area (Å²) in [6.07, 6.45) is 1.51. The van der Waals surface area contributed by atoms with E-state index in [1.165, 1.54) is 18.2 Å². The van der Waals surface area contributed by atoms with Gasteiger partial charge in [-0.05, 0) is 36.8 Å². The van der Waals surface area contributed by atoms with Gasteiger partial charge in [-0.15, -0.1) is 0 Å². The monoisotopic (exact) mass is 443 g/mol. The van der Waals surface area contributed by atoms with Crippen LogP contribution in [0.5, 0.6) is 5.75 Å². The van der Waals surface area contributed by atoms with Gasteiger partial charge in [0.2, 0.25) is 0 Å². The fourth-order valence-corrected chi connectivity index (χ4v) is 4.67. The van der Waals surface area contributed by atoms with Crippen molar-refractivity contribution in [2.24, 2.45) is 0 Å². The van der Waals surface area contributed by atoms with Crippen LogP contribution in [0.2, 0.25) is 10.0 Å². The highest BCUT2D eigenvalue weighted by molar-refractivity contribution is 7.93. The van der Waals surface area contributed by atoms with Gasteiger partial charge < -0.3 is 9.84 Å². The van der Waals surface area contributed by atoms with E-state index in [0.717, 1.165) is 4.31 Å². The predicted molar refractivity (Wildman–Crippen MR) is 110 cm³/mol. The highest BCUT2D eigenvalue weighted by Crippen LogP contribution is 2.32. The van der Waals surface area contributed by atoms with Gasteiger partial charge in [-0.25, -0.2) is 8.42 Å². The lowest BCUT2D eigenvalue weighted by atomic mass is 10.2. The first-order valence-corrected chi connectivity index (χ1v) is 10.5. The quantitative estimate of drug-likeness (QED) is 0.541. The van der Waals surface area contributed by atoms with Gasteiger partial charge in [0.15, 0.2) is 0 Å². The molecule has 0 radical (unpaired) electrons. The average molecular weight is 444 g/mol. The number of carbonyl (C=O) groups is 1. The number of nitrogens with zero attached hydrogens (tertiary/aromatic N) is 1. The molecular weight excluding hydrogens is 425 g/mol. The number of rotatable bonds is 10.